The molecule has 4 rings (SSSR count). The number of aromatic amines is 1. The first-order chi connectivity index (χ1) is 12.9. The molecule has 1 N–H and O–H groups in total. The van der Waals surface area contributed by atoms with Gasteiger partial charge in [0.25, 0.3) is 0 Å². The number of hydrogen-bond acceptors (Lipinski definition) is 5. The van der Waals surface area contributed by atoms with Gasteiger partial charge in [0.05, 0.1) is 30.6 Å². The number of morpholine rings is 1. The van der Waals surface area contributed by atoms with Gasteiger partial charge in [-0.2, -0.15) is 0 Å². The van der Waals surface area contributed by atoms with Crippen molar-refractivity contribution in [3.05, 3.63) is 66.1 Å². The summed E-state index contributed by atoms with van der Waals surface area (Å²) in [5, 5.41) is 5.55. The zero-order valence-electron chi connectivity index (χ0n) is 14.6. The molecule has 2 aromatic heterocycles. The number of nitrogens with one attached hydrogen (secondary N) is 1. The van der Waals surface area contributed by atoms with Gasteiger partial charge < -0.3 is 14.6 Å². The predicted molar refractivity (Wildman–Crippen MR) is 101 cm³/mol. The van der Waals surface area contributed by atoms with Crippen molar-refractivity contribution in [3.63, 3.8) is 0 Å². The van der Waals surface area contributed by atoms with Crippen molar-refractivity contribution in [2.45, 2.75) is 0 Å². The van der Waals surface area contributed by atoms with Gasteiger partial charge in [-0.15, -0.1) is 0 Å². The number of ether oxygens (including phenoxy) is 1. The lowest BCUT2D eigenvalue weighted by atomic mass is 10.1. The Labute approximate surface area is 152 Å². The van der Waals surface area contributed by atoms with Crippen LogP contribution in [0.1, 0.15) is 11.3 Å². The average molecular weight is 350 g/mol. The van der Waals surface area contributed by atoms with Gasteiger partial charge in [-0.1, -0.05) is 35.5 Å². The summed E-state index contributed by atoms with van der Waals surface area (Å²) in [5.41, 5.74) is 3.71. The van der Waals surface area contributed by atoms with Crippen molar-refractivity contribution in [1.29, 1.82) is 0 Å². The van der Waals surface area contributed by atoms with Crippen LogP contribution in [0.4, 0.5) is 0 Å². The molecule has 6 nitrogen and oxygen atoms in total. The first-order valence-electron chi connectivity index (χ1n) is 8.89. The van der Waals surface area contributed by atoms with E-state index >= 15 is 0 Å². The number of rotatable bonds is 6. The minimum Gasteiger partial charge on any atom is -0.394 e. The van der Waals surface area contributed by atoms with Gasteiger partial charge in [0.2, 0.25) is 0 Å². The molecule has 3 heterocycles. The average Bonchev–Trinajstić information content (AvgIpc) is 3.13. The second-order valence-electron chi connectivity index (χ2n) is 6.24. The van der Waals surface area contributed by atoms with Crippen LogP contribution >= 0.6 is 0 Å². The second-order valence-corrected chi connectivity index (χ2v) is 6.24. The van der Waals surface area contributed by atoms with Crippen LogP contribution in [-0.2, 0) is 9.57 Å². The van der Waals surface area contributed by atoms with Gasteiger partial charge >= 0.3 is 0 Å². The van der Waals surface area contributed by atoms with Crippen LogP contribution in [-0.4, -0.2) is 60.0 Å². The Morgan fingerprint density at radius 2 is 2.04 bits per heavy atom. The van der Waals surface area contributed by atoms with E-state index in [1.54, 1.807) is 6.20 Å². The fraction of sp³-hybridized carbons (Fsp3) is 0.300. The summed E-state index contributed by atoms with van der Waals surface area (Å²) >= 11 is 0. The lowest BCUT2D eigenvalue weighted by Crippen LogP contribution is -2.38. The summed E-state index contributed by atoms with van der Waals surface area (Å²) in [6.45, 7) is 4.90. The molecule has 0 saturated carbocycles. The summed E-state index contributed by atoms with van der Waals surface area (Å²) in [6.07, 6.45) is 3.61. The largest absolute Gasteiger partial charge is 0.394 e. The van der Waals surface area contributed by atoms with E-state index in [-0.39, 0.29) is 0 Å². The highest BCUT2D eigenvalue weighted by Crippen LogP contribution is 2.17. The summed E-state index contributed by atoms with van der Waals surface area (Å²) in [4.78, 5) is 15.6. The Bertz CT molecular complexity index is 837. The number of oxime groups is 1. The smallest absolute Gasteiger partial charge is 0.133 e. The zero-order valence-corrected chi connectivity index (χ0v) is 14.6. The van der Waals surface area contributed by atoms with E-state index in [1.807, 2.05) is 42.6 Å². The van der Waals surface area contributed by atoms with Gasteiger partial charge in [0.1, 0.15) is 12.3 Å². The zero-order chi connectivity index (χ0) is 17.6. The van der Waals surface area contributed by atoms with Crippen molar-refractivity contribution in [2.75, 3.05) is 39.5 Å². The Morgan fingerprint density at radius 1 is 1.19 bits per heavy atom. The van der Waals surface area contributed by atoms with Crippen LogP contribution in [0.25, 0.3) is 10.9 Å². The molecule has 0 amide bonds. The summed E-state index contributed by atoms with van der Waals surface area (Å²) < 4.78 is 5.37. The third-order valence-electron chi connectivity index (χ3n) is 4.48. The number of hydrogen-bond donors (Lipinski definition) is 1. The maximum Gasteiger partial charge on any atom is 0.133 e. The van der Waals surface area contributed by atoms with Crippen molar-refractivity contribution >= 4 is 16.6 Å². The molecule has 26 heavy (non-hydrogen) atoms. The number of benzene rings is 1. The highest BCUT2D eigenvalue weighted by atomic mass is 16.6. The van der Waals surface area contributed by atoms with Crippen LogP contribution in [0.5, 0.6) is 0 Å². The Hall–Kier alpha value is -2.70. The molecule has 134 valence electrons. The van der Waals surface area contributed by atoms with Gasteiger partial charge in [0.15, 0.2) is 0 Å². The van der Waals surface area contributed by atoms with Crippen LogP contribution in [0, 0.1) is 0 Å². The maximum atomic E-state index is 5.67. The third-order valence-corrected chi connectivity index (χ3v) is 4.48. The van der Waals surface area contributed by atoms with E-state index in [2.05, 4.69) is 26.1 Å². The lowest BCUT2D eigenvalue weighted by Gasteiger charge is -2.25. The number of H-pyrrole nitrogens is 1. The molecule has 0 spiro atoms. The van der Waals surface area contributed by atoms with E-state index in [0.717, 1.165) is 60.7 Å². The highest BCUT2D eigenvalue weighted by Gasteiger charge is 2.12. The van der Waals surface area contributed by atoms with Gasteiger partial charge in [-0.3, -0.25) is 9.88 Å². The molecule has 0 bridgehead atoms. The van der Waals surface area contributed by atoms with Crippen molar-refractivity contribution in [1.82, 2.24) is 14.9 Å². The highest BCUT2D eigenvalue weighted by molar-refractivity contribution is 6.13. The topological polar surface area (TPSA) is 62.7 Å². The van der Waals surface area contributed by atoms with E-state index in [0.29, 0.717) is 6.61 Å². The Morgan fingerprint density at radius 3 is 2.85 bits per heavy atom. The number of aromatic nitrogens is 2. The molecule has 1 aliphatic heterocycles. The molecule has 1 aliphatic rings. The fourth-order valence-corrected chi connectivity index (χ4v) is 3.06. The molecule has 1 aromatic carbocycles. The number of fused-ring (bicyclic) bond motifs is 1. The van der Waals surface area contributed by atoms with Crippen LogP contribution in [0.3, 0.4) is 0 Å². The van der Waals surface area contributed by atoms with Crippen molar-refractivity contribution < 1.29 is 9.57 Å². The third kappa shape index (κ3) is 3.92. The molecule has 6 heteroatoms. The number of nitrogens with zero attached hydrogens (tertiary/aromatic N) is 3. The summed E-state index contributed by atoms with van der Waals surface area (Å²) in [6, 6.07) is 14.1. The first kappa shape index (κ1) is 16.8. The van der Waals surface area contributed by atoms with E-state index < -0.39 is 0 Å². The van der Waals surface area contributed by atoms with E-state index in [4.69, 9.17) is 9.57 Å². The molecular formula is C20H22N4O2. The quantitative estimate of drug-likeness (QED) is 0.422. The first-order valence-corrected chi connectivity index (χ1v) is 8.89. The normalized spacial score (nSPS) is 16.1. The molecule has 3 aromatic rings. The van der Waals surface area contributed by atoms with Gasteiger partial charge in [-0.25, -0.2) is 0 Å². The van der Waals surface area contributed by atoms with Gasteiger partial charge in [0, 0.05) is 36.8 Å². The van der Waals surface area contributed by atoms with Crippen molar-refractivity contribution in [2.24, 2.45) is 5.16 Å². The molecule has 0 radical (unpaired) electrons. The predicted octanol–water partition coefficient (Wildman–Crippen LogP) is 2.66. The molecule has 0 aliphatic carbocycles. The fourth-order valence-electron chi connectivity index (χ4n) is 3.06. The molecule has 0 unspecified atom stereocenters. The Kier molecular flexibility index (Phi) is 5.23. The van der Waals surface area contributed by atoms with Crippen LogP contribution in [0.2, 0.25) is 0 Å². The van der Waals surface area contributed by atoms with Crippen LogP contribution < -0.4 is 0 Å². The monoisotopic (exact) mass is 350 g/mol. The second kappa shape index (κ2) is 8.12. The summed E-state index contributed by atoms with van der Waals surface area (Å²) in [5.74, 6) is 0. The van der Waals surface area contributed by atoms with Gasteiger partial charge in [-0.05, 0) is 12.1 Å². The van der Waals surface area contributed by atoms with Crippen molar-refractivity contribution in [3.8, 4) is 0 Å². The standard InChI is InChI=1S/C20H22N4O2/c1-2-4-16(5-3-1)20(18-14-17-6-7-21-15-19(17)22-18)23-26-13-10-24-8-11-25-12-9-24/h1-7,14-15,22H,8-13H2. The van der Waals surface area contributed by atoms with E-state index in [1.165, 1.54) is 0 Å². The Balaban J connectivity index is 1.52. The molecular weight excluding hydrogens is 328 g/mol. The number of pyridine rings is 1. The van der Waals surface area contributed by atoms with E-state index in [9.17, 15) is 0 Å². The lowest BCUT2D eigenvalue weighted by molar-refractivity contribution is 0.0212. The minimum atomic E-state index is 0.554. The molecule has 1 saturated heterocycles. The minimum absolute atomic E-state index is 0.554. The molecule has 1 fully saturated rings. The van der Waals surface area contributed by atoms with Crippen LogP contribution in [0.15, 0.2) is 60.0 Å². The maximum absolute atomic E-state index is 5.67. The SMILES string of the molecule is c1ccc(C(=NOCCN2CCOCC2)c2cc3ccncc3[nH]2)cc1. The summed E-state index contributed by atoms with van der Waals surface area (Å²) in [7, 11) is 0. The molecule has 0 atom stereocenters.